The van der Waals surface area contributed by atoms with Crippen LogP contribution in [0.3, 0.4) is 0 Å². The van der Waals surface area contributed by atoms with Crippen LogP contribution in [-0.4, -0.2) is 15.6 Å². The van der Waals surface area contributed by atoms with Crippen LogP contribution in [0.5, 0.6) is 0 Å². The van der Waals surface area contributed by atoms with Crippen molar-refractivity contribution in [3.63, 3.8) is 0 Å². The zero-order valence-corrected chi connectivity index (χ0v) is 10.9. The molecule has 0 radical (unpaired) electrons. The third kappa shape index (κ3) is 2.43. The minimum absolute atomic E-state index is 0.0125. The minimum atomic E-state index is 0.0125. The zero-order valence-electron chi connectivity index (χ0n) is 10.9. The van der Waals surface area contributed by atoms with E-state index >= 15 is 0 Å². The Hall–Kier alpha value is -1.12. The summed E-state index contributed by atoms with van der Waals surface area (Å²) in [5, 5.41) is 4.13. The number of hydrogen-bond acceptors (Lipinski definition) is 2. The van der Waals surface area contributed by atoms with Gasteiger partial charge < -0.3 is 0 Å². The van der Waals surface area contributed by atoms with Crippen LogP contribution in [0.1, 0.15) is 51.1 Å². The van der Waals surface area contributed by atoms with Crippen molar-refractivity contribution >= 4 is 5.78 Å². The van der Waals surface area contributed by atoms with Crippen molar-refractivity contribution in [2.24, 2.45) is 12.5 Å². The lowest BCUT2D eigenvalue weighted by Crippen LogP contribution is -2.27. The summed E-state index contributed by atoms with van der Waals surface area (Å²) in [6.07, 6.45) is 8.98. The molecule has 0 bridgehead atoms. The predicted octanol–water partition coefficient (Wildman–Crippen LogP) is 2.89. The molecule has 0 spiro atoms. The van der Waals surface area contributed by atoms with Crippen molar-refractivity contribution in [1.29, 1.82) is 0 Å². The molecular formula is C14H22N2O. The van der Waals surface area contributed by atoms with Crippen molar-refractivity contribution in [2.45, 2.75) is 51.9 Å². The molecule has 1 fully saturated rings. The van der Waals surface area contributed by atoms with Gasteiger partial charge in [0.2, 0.25) is 0 Å². The van der Waals surface area contributed by atoms with Crippen LogP contribution in [0.2, 0.25) is 0 Å². The fraction of sp³-hybridized carbons (Fsp3) is 0.714. The third-order valence-corrected chi connectivity index (χ3v) is 4.36. The number of Topliss-reactive ketones (excluding diaryl/α,β-unsaturated/α-hetero) is 1. The number of ketones is 1. The van der Waals surface area contributed by atoms with Crippen LogP contribution in [0.15, 0.2) is 12.3 Å². The maximum atomic E-state index is 12.4. The first-order chi connectivity index (χ1) is 8.18. The molecule has 0 aromatic carbocycles. The lowest BCUT2D eigenvalue weighted by atomic mass is 9.77. The first kappa shape index (κ1) is 12.3. The Bertz CT molecular complexity index is 389. The Labute approximate surface area is 103 Å². The predicted molar refractivity (Wildman–Crippen MR) is 67.7 cm³/mol. The Morgan fingerprint density at radius 1 is 1.47 bits per heavy atom. The van der Waals surface area contributed by atoms with Gasteiger partial charge in [0, 0.05) is 30.8 Å². The van der Waals surface area contributed by atoms with Crippen LogP contribution in [0, 0.1) is 5.41 Å². The van der Waals surface area contributed by atoms with E-state index in [4.69, 9.17) is 0 Å². The molecule has 0 amide bonds. The van der Waals surface area contributed by atoms with Gasteiger partial charge in [0.15, 0.2) is 0 Å². The topological polar surface area (TPSA) is 34.9 Å². The zero-order chi connectivity index (χ0) is 12.3. The average Bonchev–Trinajstić information content (AvgIpc) is 2.95. The number of carbonyl (C=O) groups excluding carboxylic acids is 1. The molecule has 2 rings (SSSR count). The Morgan fingerprint density at radius 2 is 2.18 bits per heavy atom. The number of hydrogen-bond donors (Lipinski definition) is 0. The SMILES string of the molecule is CCC1(C(=O)CCc2ccnn2C)CCCC1. The molecule has 0 unspecified atom stereocenters. The van der Waals surface area contributed by atoms with E-state index in [1.807, 2.05) is 17.8 Å². The molecule has 0 saturated heterocycles. The summed E-state index contributed by atoms with van der Waals surface area (Å²) in [7, 11) is 1.94. The highest BCUT2D eigenvalue weighted by Gasteiger charge is 2.38. The summed E-state index contributed by atoms with van der Waals surface area (Å²) in [5.41, 5.74) is 1.17. The number of aryl methyl sites for hydroxylation is 2. The van der Waals surface area contributed by atoms with E-state index in [1.165, 1.54) is 12.8 Å². The molecule has 1 aromatic heterocycles. The molecule has 1 aromatic rings. The summed E-state index contributed by atoms with van der Waals surface area (Å²) < 4.78 is 1.86. The van der Waals surface area contributed by atoms with Crippen LogP contribution in [0.25, 0.3) is 0 Å². The van der Waals surface area contributed by atoms with E-state index in [0.29, 0.717) is 12.2 Å². The van der Waals surface area contributed by atoms with Gasteiger partial charge in [-0.25, -0.2) is 0 Å². The number of nitrogens with zero attached hydrogens (tertiary/aromatic N) is 2. The summed E-state index contributed by atoms with van der Waals surface area (Å²) in [6, 6.07) is 2.00. The molecule has 17 heavy (non-hydrogen) atoms. The first-order valence-electron chi connectivity index (χ1n) is 6.68. The second-order valence-electron chi connectivity index (χ2n) is 5.21. The Balaban J connectivity index is 1.95. The van der Waals surface area contributed by atoms with E-state index in [0.717, 1.165) is 31.4 Å². The third-order valence-electron chi connectivity index (χ3n) is 4.36. The molecule has 1 aliphatic rings. The van der Waals surface area contributed by atoms with E-state index in [-0.39, 0.29) is 5.41 Å². The van der Waals surface area contributed by atoms with Crippen molar-refractivity contribution in [1.82, 2.24) is 9.78 Å². The second-order valence-corrected chi connectivity index (χ2v) is 5.21. The van der Waals surface area contributed by atoms with Gasteiger partial charge >= 0.3 is 0 Å². The molecule has 1 heterocycles. The van der Waals surface area contributed by atoms with Crippen LogP contribution < -0.4 is 0 Å². The van der Waals surface area contributed by atoms with Crippen LogP contribution in [0.4, 0.5) is 0 Å². The maximum absolute atomic E-state index is 12.4. The van der Waals surface area contributed by atoms with Gasteiger partial charge in [-0.2, -0.15) is 5.10 Å². The lowest BCUT2D eigenvalue weighted by molar-refractivity contribution is -0.128. The quantitative estimate of drug-likeness (QED) is 0.785. The Kier molecular flexibility index (Phi) is 3.65. The summed E-state index contributed by atoms with van der Waals surface area (Å²) in [4.78, 5) is 12.4. The smallest absolute Gasteiger partial charge is 0.139 e. The molecular weight excluding hydrogens is 212 g/mol. The molecule has 94 valence electrons. The summed E-state index contributed by atoms with van der Waals surface area (Å²) in [6.45, 7) is 2.16. The first-order valence-corrected chi connectivity index (χ1v) is 6.68. The van der Waals surface area contributed by atoms with Gasteiger partial charge in [-0.3, -0.25) is 9.48 Å². The molecule has 0 atom stereocenters. The molecule has 3 heteroatoms. The van der Waals surface area contributed by atoms with Crippen molar-refractivity contribution in [3.05, 3.63) is 18.0 Å². The maximum Gasteiger partial charge on any atom is 0.139 e. The van der Waals surface area contributed by atoms with Gasteiger partial charge in [-0.05, 0) is 31.7 Å². The Morgan fingerprint density at radius 3 is 2.71 bits per heavy atom. The van der Waals surface area contributed by atoms with Crippen molar-refractivity contribution in [2.75, 3.05) is 0 Å². The van der Waals surface area contributed by atoms with E-state index in [9.17, 15) is 4.79 Å². The van der Waals surface area contributed by atoms with E-state index in [1.54, 1.807) is 6.20 Å². The molecule has 0 aliphatic heterocycles. The molecule has 1 aliphatic carbocycles. The molecule has 0 N–H and O–H groups in total. The number of rotatable bonds is 5. The highest BCUT2D eigenvalue weighted by molar-refractivity contribution is 5.85. The van der Waals surface area contributed by atoms with Crippen molar-refractivity contribution < 1.29 is 4.79 Å². The monoisotopic (exact) mass is 234 g/mol. The standard InChI is InChI=1S/C14H22N2O/c1-3-14(9-4-5-10-14)13(17)7-6-12-8-11-15-16(12)2/h8,11H,3-7,9-10H2,1-2H3. The number of carbonyl (C=O) groups is 1. The molecule has 1 saturated carbocycles. The van der Waals surface area contributed by atoms with Crippen molar-refractivity contribution in [3.8, 4) is 0 Å². The van der Waals surface area contributed by atoms with E-state index in [2.05, 4.69) is 12.0 Å². The van der Waals surface area contributed by atoms with Crippen LogP contribution in [-0.2, 0) is 18.3 Å². The summed E-state index contributed by atoms with van der Waals surface area (Å²) in [5.74, 6) is 0.471. The fourth-order valence-electron chi connectivity index (χ4n) is 3.03. The minimum Gasteiger partial charge on any atom is -0.299 e. The average molecular weight is 234 g/mol. The largest absolute Gasteiger partial charge is 0.299 e. The molecule has 3 nitrogen and oxygen atoms in total. The van der Waals surface area contributed by atoms with Gasteiger partial charge in [-0.15, -0.1) is 0 Å². The van der Waals surface area contributed by atoms with E-state index < -0.39 is 0 Å². The summed E-state index contributed by atoms with van der Waals surface area (Å²) >= 11 is 0. The highest BCUT2D eigenvalue weighted by atomic mass is 16.1. The van der Waals surface area contributed by atoms with Gasteiger partial charge in [-0.1, -0.05) is 19.8 Å². The number of aromatic nitrogens is 2. The van der Waals surface area contributed by atoms with Gasteiger partial charge in [0.1, 0.15) is 5.78 Å². The van der Waals surface area contributed by atoms with Gasteiger partial charge in [0.25, 0.3) is 0 Å². The normalized spacial score (nSPS) is 18.5. The second kappa shape index (κ2) is 5.03. The van der Waals surface area contributed by atoms with Crippen LogP contribution >= 0.6 is 0 Å². The lowest BCUT2D eigenvalue weighted by Gasteiger charge is -2.25. The van der Waals surface area contributed by atoms with Gasteiger partial charge in [0.05, 0.1) is 0 Å². The fourth-order valence-corrected chi connectivity index (χ4v) is 3.03. The highest BCUT2D eigenvalue weighted by Crippen LogP contribution is 2.42.